The maximum Gasteiger partial charge on any atom is 0.286 e. The largest absolute Gasteiger partial charge is 0.372 e. The van der Waals surface area contributed by atoms with Crippen molar-refractivity contribution in [3.63, 3.8) is 0 Å². The fourth-order valence-corrected chi connectivity index (χ4v) is 1.80. The van der Waals surface area contributed by atoms with Gasteiger partial charge in [0.15, 0.2) is 0 Å². The third-order valence-corrected chi connectivity index (χ3v) is 2.81. The van der Waals surface area contributed by atoms with Crippen molar-refractivity contribution in [2.45, 2.75) is 20.8 Å². The van der Waals surface area contributed by atoms with Gasteiger partial charge in [-0.2, -0.15) is 0 Å². The van der Waals surface area contributed by atoms with Crippen LogP contribution in [-0.4, -0.2) is 24.8 Å². The summed E-state index contributed by atoms with van der Waals surface area (Å²) < 4.78 is 0. The zero-order chi connectivity index (χ0) is 13.4. The molecule has 18 heavy (non-hydrogen) atoms. The Morgan fingerprint density at radius 3 is 2.28 bits per heavy atom. The van der Waals surface area contributed by atoms with Crippen LogP contribution in [0.25, 0.3) is 0 Å². The van der Waals surface area contributed by atoms with Crippen LogP contribution < -0.4 is 15.7 Å². The first-order chi connectivity index (χ1) is 8.71. The average molecular weight is 267 g/mol. The van der Waals surface area contributed by atoms with Crippen molar-refractivity contribution >= 4 is 28.8 Å². The van der Waals surface area contributed by atoms with Gasteiger partial charge in [0.1, 0.15) is 0 Å². The van der Waals surface area contributed by atoms with Crippen molar-refractivity contribution in [2.24, 2.45) is 0 Å². The van der Waals surface area contributed by atoms with Gasteiger partial charge in [0.2, 0.25) is 0 Å². The molecule has 2 N–H and O–H groups in total. The minimum absolute atomic E-state index is 0.352. The zero-order valence-electron chi connectivity index (χ0n) is 11.2. The quantitative estimate of drug-likeness (QED) is 0.612. The second kappa shape index (κ2) is 7.76. The van der Waals surface area contributed by atoms with E-state index in [1.807, 2.05) is 19.1 Å². The molecule has 0 fully saturated rings. The van der Waals surface area contributed by atoms with Gasteiger partial charge in [0, 0.05) is 25.3 Å². The molecule has 1 aromatic carbocycles. The molecule has 100 valence electrons. The van der Waals surface area contributed by atoms with E-state index in [0.717, 1.165) is 25.3 Å². The van der Waals surface area contributed by atoms with Crippen LogP contribution in [0, 0.1) is 0 Å². The predicted octanol–water partition coefficient (Wildman–Crippen LogP) is 2.77. The third-order valence-electron chi connectivity index (χ3n) is 2.58. The maximum atomic E-state index is 5.18. The van der Waals surface area contributed by atoms with Crippen LogP contribution in [0.15, 0.2) is 24.3 Å². The molecular formula is C13H21N3OS. The van der Waals surface area contributed by atoms with Crippen LogP contribution in [0.5, 0.6) is 0 Å². The van der Waals surface area contributed by atoms with Crippen LogP contribution in [-0.2, 0) is 4.84 Å². The highest BCUT2D eigenvalue weighted by Crippen LogP contribution is 2.17. The number of nitrogens with one attached hydrogen (secondary N) is 2. The normalized spacial score (nSPS) is 9.72. The highest BCUT2D eigenvalue weighted by molar-refractivity contribution is 7.80. The summed E-state index contributed by atoms with van der Waals surface area (Å²) in [5.74, 6) is 0. The van der Waals surface area contributed by atoms with Crippen molar-refractivity contribution in [3.05, 3.63) is 24.3 Å². The van der Waals surface area contributed by atoms with Crippen LogP contribution in [0.4, 0.5) is 11.4 Å². The Balaban J connectivity index is 2.52. The number of benzene rings is 1. The molecular weight excluding hydrogens is 246 g/mol. The van der Waals surface area contributed by atoms with Gasteiger partial charge >= 0.3 is 0 Å². The van der Waals surface area contributed by atoms with E-state index in [2.05, 4.69) is 41.7 Å². The van der Waals surface area contributed by atoms with Crippen LogP contribution in [0.3, 0.4) is 0 Å². The number of hydrogen-bond acceptors (Lipinski definition) is 4. The summed E-state index contributed by atoms with van der Waals surface area (Å²) in [4.78, 5) is 7.46. The fourth-order valence-electron chi connectivity index (χ4n) is 1.61. The first-order valence-electron chi connectivity index (χ1n) is 6.26. The summed E-state index contributed by atoms with van der Waals surface area (Å²) in [6.07, 6.45) is 0. The Bertz CT molecular complexity index is 363. The van der Waals surface area contributed by atoms with E-state index < -0.39 is 0 Å². The number of rotatable bonds is 6. The number of hydrogen-bond donors (Lipinski definition) is 2. The molecule has 0 atom stereocenters. The van der Waals surface area contributed by atoms with Crippen molar-refractivity contribution in [1.82, 2.24) is 5.32 Å². The molecule has 0 unspecified atom stereocenters. The molecule has 0 aliphatic rings. The standard InChI is InChI=1S/C13H21N3OS/c1-4-14-13(18)17-15-11-7-9-12(10-8-11)16(5-2)6-3/h7-10,15H,4-6H2,1-3H3,(H,14,18). The second-order valence-corrected chi connectivity index (χ2v) is 4.11. The van der Waals surface area contributed by atoms with Gasteiger partial charge < -0.3 is 15.1 Å². The maximum absolute atomic E-state index is 5.18. The summed E-state index contributed by atoms with van der Waals surface area (Å²) in [5, 5.41) is 3.25. The van der Waals surface area contributed by atoms with Crippen molar-refractivity contribution in [1.29, 1.82) is 0 Å². The Labute approximate surface area is 114 Å². The van der Waals surface area contributed by atoms with Gasteiger partial charge in [-0.1, -0.05) is 0 Å². The lowest BCUT2D eigenvalue weighted by Gasteiger charge is -2.21. The fraction of sp³-hybridized carbons (Fsp3) is 0.462. The molecule has 0 amide bonds. The Morgan fingerprint density at radius 2 is 1.78 bits per heavy atom. The van der Waals surface area contributed by atoms with E-state index in [-0.39, 0.29) is 0 Å². The van der Waals surface area contributed by atoms with Crippen molar-refractivity contribution < 1.29 is 4.84 Å². The average Bonchev–Trinajstić information content (AvgIpc) is 2.39. The smallest absolute Gasteiger partial charge is 0.286 e. The highest BCUT2D eigenvalue weighted by atomic mass is 32.1. The zero-order valence-corrected chi connectivity index (χ0v) is 12.0. The van der Waals surface area contributed by atoms with Crippen LogP contribution in [0.1, 0.15) is 20.8 Å². The van der Waals surface area contributed by atoms with Gasteiger partial charge in [-0.15, -0.1) is 0 Å². The molecule has 0 aromatic heterocycles. The Hall–Kier alpha value is -1.49. The minimum Gasteiger partial charge on any atom is -0.372 e. The topological polar surface area (TPSA) is 36.5 Å². The molecule has 4 nitrogen and oxygen atoms in total. The van der Waals surface area contributed by atoms with Crippen LogP contribution in [0.2, 0.25) is 0 Å². The molecule has 0 radical (unpaired) electrons. The minimum atomic E-state index is 0.352. The van der Waals surface area contributed by atoms with Crippen molar-refractivity contribution in [3.8, 4) is 0 Å². The first-order valence-corrected chi connectivity index (χ1v) is 6.67. The van der Waals surface area contributed by atoms with Crippen molar-refractivity contribution in [2.75, 3.05) is 30.0 Å². The SMILES string of the molecule is CCNC(=S)ONc1ccc(N(CC)CC)cc1. The van der Waals surface area contributed by atoms with Gasteiger partial charge in [-0.3, -0.25) is 0 Å². The highest BCUT2D eigenvalue weighted by Gasteiger charge is 2.01. The number of nitrogens with zero attached hydrogens (tertiary/aromatic N) is 1. The van der Waals surface area contributed by atoms with E-state index >= 15 is 0 Å². The van der Waals surface area contributed by atoms with E-state index in [1.165, 1.54) is 5.69 Å². The Kier molecular flexibility index (Phi) is 6.28. The number of thiocarbonyl (C=S) groups is 1. The molecule has 0 spiro atoms. The summed E-state index contributed by atoms with van der Waals surface area (Å²) in [6, 6.07) is 8.08. The van der Waals surface area contributed by atoms with Gasteiger partial charge in [0.05, 0.1) is 5.69 Å². The second-order valence-electron chi connectivity index (χ2n) is 3.74. The molecule has 0 bridgehead atoms. The molecule has 1 rings (SSSR count). The van der Waals surface area contributed by atoms with Crippen LogP contribution >= 0.6 is 12.2 Å². The number of anilines is 2. The summed E-state index contributed by atoms with van der Waals surface area (Å²) >= 11 is 4.95. The van der Waals surface area contributed by atoms with E-state index in [1.54, 1.807) is 0 Å². The first kappa shape index (κ1) is 14.6. The molecule has 0 aliphatic heterocycles. The van der Waals surface area contributed by atoms with E-state index in [9.17, 15) is 0 Å². The summed E-state index contributed by atoms with van der Waals surface area (Å²) in [5.41, 5.74) is 4.90. The molecule has 0 saturated carbocycles. The van der Waals surface area contributed by atoms with E-state index in [0.29, 0.717) is 5.17 Å². The Morgan fingerprint density at radius 1 is 1.17 bits per heavy atom. The van der Waals surface area contributed by atoms with Gasteiger partial charge in [0.25, 0.3) is 5.17 Å². The third kappa shape index (κ3) is 4.41. The van der Waals surface area contributed by atoms with Gasteiger partial charge in [-0.25, -0.2) is 5.48 Å². The molecule has 5 heteroatoms. The molecule has 0 aliphatic carbocycles. The monoisotopic (exact) mass is 267 g/mol. The molecule has 0 heterocycles. The summed E-state index contributed by atoms with van der Waals surface area (Å²) in [7, 11) is 0. The lowest BCUT2D eigenvalue weighted by atomic mass is 10.2. The van der Waals surface area contributed by atoms with E-state index in [4.69, 9.17) is 17.1 Å². The lowest BCUT2D eigenvalue weighted by Crippen LogP contribution is -2.25. The molecule has 0 saturated heterocycles. The predicted molar refractivity (Wildman–Crippen MR) is 81.0 cm³/mol. The van der Waals surface area contributed by atoms with Gasteiger partial charge in [-0.05, 0) is 57.3 Å². The summed E-state index contributed by atoms with van der Waals surface area (Å²) in [6.45, 7) is 9.02. The lowest BCUT2D eigenvalue weighted by molar-refractivity contribution is 0.385. The molecule has 1 aromatic rings.